The Labute approximate surface area is 193 Å². The molecule has 1 aliphatic heterocycles. The van der Waals surface area contributed by atoms with Gasteiger partial charge in [-0.3, -0.25) is 14.6 Å². The van der Waals surface area contributed by atoms with Crippen molar-refractivity contribution in [3.8, 4) is 11.1 Å². The van der Waals surface area contributed by atoms with E-state index in [4.69, 9.17) is 4.74 Å². The molecular formula is C26H28N4O3. The van der Waals surface area contributed by atoms with Gasteiger partial charge in [-0.1, -0.05) is 54.1 Å². The van der Waals surface area contributed by atoms with E-state index in [1.807, 2.05) is 25.1 Å². The molecule has 3 aromatic rings. The predicted molar refractivity (Wildman–Crippen MR) is 126 cm³/mol. The summed E-state index contributed by atoms with van der Waals surface area (Å²) in [7, 11) is 1.59. The van der Waals surface area contributed by atoms with E-state index in [9.17, 15) is 9.59 Å². The van der Waals surface area contributed by atoms with Crippen LogP contribution in [-0.4, -0.2) is 59.0 Å². The molecule has 33 heavy (non-hydrogen) atoms. The van der Waals surface area contributed by atoms with Crippen molar-refractivity contribution in [2.75, 3.05) is 26.7 Å². The number of nitrogens with zero attached hydrogens (tertiary/aromatic N) is 3. The first-order chi connectivity index (χ1) is 15.9. The van der Waals surface area contributed by atoms with Crippen molar-refractivity contribution in [1.29, 1.82) is 0 Å². The van der Waals surface area contributed by atoms with E-state index in [-0.39, 0.29) is 30.7 Å². The lowest BCUT2D eigenvalue weighted by atomic mass is 9.89. The van der Waals surface area contributed by atoms with Crippen molar-refractivity contribution in [1.82, 2.24) is 20.2 Å². The minimum absolute atomic E-state index is 0.135. The minimum atomic E-state index is -1.19. The largest absolute Gasteiger partial charge is 0.361 e. The molecular weight excluding hydrogens is 416 g/mol. The van der Waals surface area contributed by atoms with Crippen LogP contribution >= 0.6 is 0 Å². The fourth-order valence-electron chi connectivity index (χ4n) is 4.11. The summed E-state index contributed by atoms with van der Waals surface area (Å²) in [5.41, 5.74) is 4.14. The highest BCUT2D eigenvalue weighted by Crippen LogP contribution is 2.28. The molecule has 1 aliphatic rings. The van der Waals surface area contributed by atoms with Crippen molar-refractivity contribution in [2.24, 2.45) is 0 Å². The standard InChI is InChI=1S/C26H28N4O3/c1-18-7-9-21(10-8-18)22-6-4-5-20(13-22)14-26(25(32)27-3)17-30(11-12-33-26)24(31)23-16-28-19(2)15-29-23/h4-10,13,15-16H,11-12,14,17H2,1-3H3,(H,27,32)/t26-/m1/s1. The van der Waals surface area contributed by atoms with Gasteiger partial charge >= 0.3 is 0 Å². The molecule has 1 fully saturated rings. The van der Waals surface area contributed by atoms with Crippen LogP contribution in [0.4, 0.5) is 0 Å². The second kappa shape index (κ2) is 9.50. The highest BCUT2D eigenvalue weighted by atomic mass is 16.5. The number of benzene rings is 2. The average molecular weight is 445 g/mol. The third-order valence-electron chi connectivity index (χ3n) is 5.92. The monoisotopic (exact) mass is 444 g/mol. The summed E-state index contributed by atoms with van der Waals surface area (Å²) in [5.74, 6) is -0.511. The molecule has 0 spiro atoms. The number of nitrogens with one attached hydrogen (secondary N) is 1. The average Bonchev–Trinajstić information content (AvgIpc) is 2.84. The Balaban J connectivity index is 1.60. The van der Waals surface area contributed by atoms with E-state index < -0.39 is 5.60 Å². The Morgan fingerprint density at radius 2 is 1.85 bits per heavy atom. The zero-order chi connectivity index (χ0) is 23.4. The van der Waals surface area contributed by atoms with Crippen LogP contribution in [0.1, 0.15) is 27.3 Å². The van der Waals surface area contributed by atoms with Crippen molar-refractivity contribution in [3.63, 3.8) is 0 Å². The summed E-state index contributed by atoms with van der Waals surface area (Å²) in [4.78, 5) is 36.1. The molecule has 1 saturated heterocycles. The summed E-state index contributed by atoms with van der Waals surface area (Å²) in [6.07, 6.45) is 3.38. The summed E-state index contributed by atoms with van der Waals surface area (Å²) >= 11 is 0. The summed E-state index contributed by atoms with van der Waals surface area (Å²) in [6, 6.07) is 16.4. The number of likely N-dealkylation sites (N-methyl/N-ethyl adjacent to an activating group) is 1. The van der Waals surface area contributed by atoms with Gasteiger partial charge in [-0.2, -0.15) is 0 Å². The van der Waals surface area contributed by atoms with Crippen molar-refractivity contribution in [2.45, 2.75) is 25.9 Å². The summed E-state index contributed by atoms with van der Waals surface area (Å²) in [5, 5.41) is 2.73. The van der Waals surface area contributed by atoms with Crippen LogP contribution in [-0.2, 0) is 16.0 Å². The Bertz CT molecular complexity index is 1140. The van der Waals surface area contributed by atoms with Gasteiger partial charge in [0.15, 0.2) is 5.60 Å². The first-order valence-corrected chi connectivity index (χ1v) is 11.0. The zero-order valence-electron chi connectivity index (χ0n) is 19.2. The molecule has 1 atom stereocenters. The molecule has 0 bridgehead atoms. The van der Waals surface area contributed by atoms with Crippen LogP contribution < -0.4 is 5.32 Å². The first kappa shape index (κ1) is 22.6. The van der Waals surface area contributed by atoms with E-state index in [1.54, 1.807) is 18.1 Å². The summed E-state index contributed by atoms with van der Waals surface area (Å²) < 4.78 is 6.08. The van der Waals surface area contributed by atoms with Gasteiger partial charge in [0.1, 0.15) is 5.69 Å². The molecule has 4 rings (SSSR count). The molecule has 0 radical (unpaired) electrons. The van der Waals surface area contributed by atoms with Crippen molar-refractivity contribution in [3.05, 3.63) is 83.4 Å². The number of aromatic nitrogens is 2. The second-order valence-electron chi connectivity index (χ2n) is 8.43. The van der Waals surface area contributed by atoms with Crippen LogP contribution in [0, 0.1) is 13.8 Å². The topological polar surface area (TPSA) is 84.4 Å². The molecule has 7 nitrogen and oxygen atoms in total. The Hall–Kier alpha value is -3.58. The van der Waals surface area contributed by atoms with E-state index in [1.165, 1.54) is 11.8 Å². The maximum Gasteiger partial charge on any atom is 0.274 e. The minimum Gasteiger partial charge on any atom is -0.361 e. The van der Waals surface area contributed by atoms with Gasteiger partial charge in [0.25, 0.3) is 11.8 Å². The van der Waals surface area contributed by atoms with Gasteiger partial charge in [0, 0.05) is 26.2 Å². The number of amides is 2. The van der Waals surface area contributed by atoms with Crippen molar-refractivity contribution >= 4 is 11.8 Å². The number of hydrogen-bond acceptors (Lipinski definition) is 5. The lowest BCUT2D eigenvalue weighted by molar-refractivity contribution is -0.156. The van der Waals surface area contributed by atoms with Crippen LogP contribution in [0.25, 0.3) is 11.1 Å². The van der Waals surface area contributed by atoms with E-state index in [2.05, 4.69) is 52.5 Å². The van der Waals surface area contributed by atoms with E-state index in [0.717, 1.165) is 22.4 Å². The Kier molecular flexibility index (Phi) is 6.51. The van der Waals surface area contributed by atoms with Gasteiger partial charge in [-0.05, 0) is 30.5 Å². The maximum absolute atomic E-state index is 13.1. The Morgan fingerprint density at radius 1 is 1.06 bits per heavy atom. The lowest BCUT2D eigenvalue weighted by Crippen LogP contribution is -2.61. The molecule has 0 aliphatic carbocycles. The zero-order valence-corrected chi connectivity index (χ0v) is 19.2. The fraction of sp³-hybridized carbons (Fsp3) is 0.308. The molecule has 2 amide bonds. The summed E-state index contributed by atoms with van der Waals surface area (Å²) in [6.45, 7) is 4.66. The van der Waals surface area contributed by atoms with Gasteiger partial charge in [-0.15, -0.1) is 0 Å². The molecule has 0 unspecified atom stereocenters. The van der Waals surface area contributed by atoms with Gasteiger partial charge in [0.2, 0.25) is 0 Å². The molecule has 1 N–H and O–H groups in total. The van der Waals surface area contributed by atoms with Gasteiger partial charge in [-0.25, -0.2) is 4.98 Å². The maximum atomic E-state index is 13.1. The molecule has 7 heteroatoms. The second-order valence-corrected chi connectivity index (χ2v) is 8.43. The van der Waals surface area contributed by atoms with E-state index >= 15 is 0 Å². The molecule has 1 aromatic heterocycles. The highest BCUT2D eigenvalue weighted by Gasteiger charge is 2.45. The van der Waals surface area contributed by atoms with Crippen LogP contribution in [0.3, 0.4) is 0 Å². The third kappa shape index (κ3) is 4.93. The number of aryl methyl sites for hydroxylation is 2. The predicted octanol–water partition coefficient (Wildman–Crippen LogP) is 2.96. The number of carbonyl (C=O) groups excluding carboxylic acids is 2. The molecule has 2 heterocycles. The van der Waals surface area contributed by atoms with Gasteiger partial charge < -0.3 is 15.0 Å². The fourth-order valence-corrected chi connectivity index (χ4v) is 4.11. The van der Waals surface area contributed by atoms with Gasteiger partial charge in [0.05, 0.1) is 25.0 Å². The molecule has 0 saturated carbocycles. The number of morpholine rings is 1. The van der Waals surface area contributed by atoms with Crippen LogP contribution in [0.5, 0.6) is 0 Å². The SMILES string of the molecule is CNC(=O)[C@@]1(Cc2cccc(-c3ccc(C)cc3)c2)CN(C(=O)c2cnc(C)cn2)CCO1. The van der Waals surface area contributed by atoms with Crippen LogP contribution in [0.2, 0.25) is 0 Å². The quantitative estimate of drug-likeness (QED) is 0.654. The first-order valence-electron chi connectivity index (χ1n) is 11.0. The van der Waals surface area contributed by atoms with Crippen molar-refractivity contribution < 1.29 is 14.3 Å². The van der Waals surface area contributed by atoms with E-state index in [0.29, 0.717) is 13.0 Å². The molecule has 170 valence electrons. The number of ether oxygens (including phenoxy) is 1. The number of hydrogen-bond donors (Lipinski definition) is 1. The third-order valence-corrected chi connectivity index (χ3v) is 5.92. The Morgan fingerprint density at radius 3 is 2.55 bits per heavy atom. The number of carbonyl (C=O) groups is 2. The highest BCUT2D eigenvalue weighted by molar-refractivity contribution is 5.93. The van der Waals surface area contributed by atoms with Crippen LogP contribution in [0.15, 0.2) is 60.9 Å². The number of rotatable bonds is 5. The normalized spacial score (nSPS) is 18.1. The molecule has 2 aromatic carbocycles. The smallest absolute Gasteiger partial charge is 0.274 e. The lowest BCUT2D eigenvalue weighted by Gasteiger charge is -2.41.